The molecule has 29 heavy (non-hydrogen) atoms. The van der Waals surface area contributed by atoms with Gasteiger partial charge >= 0.3 is 0 Å². The molecular formula is C22H24FN5O. The van der Waals surface area contributed by atoms with Crippen LogP contribution in [0.25, 0.3) is 0 Å². The van der Waals surface area contributed by atoms with Gasteiger partial charge in [-0.05, 0) is 35.4 Å². The second kappa shape index (κ2) is 9.71. The third-order valence-electron chi connectivity index (χ3n) is 4.89. The molecule has 0 aliphatic carbocycles. The molecule has 1 aliphatic rings. The highest BCUT2D eigenvalue weighted by Gasteiger charge is 2.23. The van der Waals surface area contributed by atoms with Crippen LogP contribution >= 0.6 is 0 Å². The highest BCUT2D eigenvalue weighted by molar-refractivity contribution is 5.97. The molecule has 0 atom stereocenters. The van der Waals surface area contributed by atoms with Crippen LogP contribution in [0.3, 0.4) is 0 Å². The second-order valence-corrected chi connectivity index (χ2v) is 6.83. The Balaban J connectivity index is 1.54. The van der Waals surface area contributed by atoms with E-state index in [1.165, 1.54) is 18.3 Å². The zero-order valence-corrected chi connectivity index (χ0v) is 16.1. The second-order valence-electron chi connectivity index (χ2n) is 6.83. The Hall–Kier alpha value is -3.37. The first-order valence-corrected chi connectivity index (χ1v) is 9.52. The van der Waals surface area contributed by atoms with Gasteiger partial charge in [0, 0.05) is 51.2 Å². The first kappa shape index (κ1) is 20.4. The van der Waals surface area contributed by atoms with Gasteiger partial charge in [-0.15, -0.1) is 0 Å². The third kappa shape index (κ3) is 5.33. The highest BCUT2D eigenvalue weighted by atomic mass is 19.1. The number of carbonyl (C=O) groups excluding carboxylic acids is 1. The van der Waals surface area contributed by atoms with Crippen molar-refractivity contribution < 1.29 is 9.18 Å². The molecule has 3 N–H and O–H groups in total. The lowest BCUT2D eigenvalue weighted by Crippen LogP contribution is -2.49. The SMILES string of the molecule is N#C/C(=C/NCc1cccc(CN)c1)C(=O)N1CCN(c2ccc(F)cc2)CC1. The Kier molecular flexibility index (Phi) is 6.82. The first-order chi connectivity index (χ1) is 14.1. The molecule has 1 aliphatic heterocycles. The van der Waals surface area contributed by atoms with Gasteiger partial charge in [0.25, 0.3) is 5.91 Å². The average molecular weight is 393 g/mol. The van der Waals surface area contributed by atoms with Crippen LogP contribution in [0.2, 0.25) is 0 Å². The number of halogens is 1. The van der Waals surface area contributed by atoms with Crippen molar-refractivity contribution in [3.05, 3.63) is 77.2 Å². The standard InChI is InChI=1S/C22H24FN5O/c23-20-4-6-21(7-5-20)27-8-10-28(11-9-27)22(29)19(14-25)16-26-15-18-3-1-2-17(12-18)13-24/h1-7,12,16,26H,8-11,13,15,24H2/b19-16-. The molecule has 0 spiro atoms. The van der Waals surface area contributed by atoms with Crippen molar-refractivity contribution in [2.45, 2.75) is 13.1 Å². The number of anilines is 1. The number of nitrogens with zero attached hydrogens (tertiary/aromatic N) is 3. The number of amides is 1. The molecule has 0 bridgehead atoms. The molecule has 2 aromatic rings. The van der Waals surface area contributed by atoms with Crippen LogP contribution in [0.5, 0.6) is 0 Å². The molecule has 0 radical (unpaired) electrons. The lowest BCUT2D eigenvalue weighted by atomic mass is 10.1. The Morgan fingerprint density at radius 1 is 1.14 bits per heavy atom. The first-order valence-electron chi connectivity index (χ1n) is 9.52. The number of rotatable bonds is 6. The molecule has 0 unspecified atom stereocenters. The Bertz CT molecular complexity index is 912. The van der Waals surface area contributed by atoms with E-state index in [0.29, 0.717) is 39.3 Å². The molecule has 1 amide bonds. The molecule has 1 saturated heterocycles. The zero-order chi connectivity index (χ0) is 20.6. The van der Waals surface area contributed by atoms with Gasteiger partial charge in [-0.3, -0.25) is 4.79 Å². The summed E-state index contributed by atoms with van der Waals surface area (Å²) in [5.41, 5.74) is 8.71. The van der Waals surface area contributed by atoms with E-state index in [-0.39, 0.29) is 17.3 Å². The van der Waals surface area contributed by atoms with E-state index >= 15 is 0 Å². The van der Waals surface area contributed by atoms with Crippen LogP contribution in [0.1, 0.15) is 11.1 Å². The van der Waals surface area contributed by atoms with E-state index in [4.69, 9.17) is 5.73 Å². The van der Waals surface area contributed by atoms with Crippen LogP contribution in [0, 0.1) is 17.1 Å². The normalized spacial score (nSPS) is 14.4. The largest absolute Gasteiger partial charge is 0.386 e. The molecule has 0 aromatic heterocycles. The Morgan fingerprint density at radius 3 is 2.48 bits per heavy atom. The van der Waals surface area contributed by atoms with Gasteiger partial charge in [0.05, 0.1) is 0 Å². The van der Waals surface area contributed by atoms with Crippen molar-refractivity contribution in [3.8, 4) is 6.07 Å². The predicted molar refractivity (Wildman–Crippen MR) is 110 cm³/mol. The van der Waals surface area contributed by atoms with Gasteiger partial charge in [0.15, 0.2) is 0 Å². The number of nitrogens with two attached hydrogens (primary N) is 1. The predicted octanol–water partition coefficient (Wildman–Crippen LogP) is 2.13. The van der Waals surface area contributed by atoms with Gasteiger partial charge in [-0.2, -0.15) is 5.26 Å². The van der Waals surface area contributed by atoms with E-state index in [2.05, 4.69) is 10.2 Å². The fourth-order valence-corrected chi connectivity index (χ4v) is 3.27. The minimum Gasteiger partial charge on any atom is -0.386 e. The third-order valence-corrected chi connectivity index (χ3v) is 4.89. The van der Waals surface area contributed by atoms with Crippen LogP contribution in [-0.2, 0) is 17.9 Å². The van der Waals surface area contributed by atoms with Crippen LogP contribution < -0.4 is 16.0 Å². The number of benzene rings is 2. The summed E-state index contributed by atoms with van der Waals surface area (Å²) in [4.78, 5) is 16.4. The quantitative estimate of drug-likeness (QED) is 0.580. The summed E-state index contributed by atoms with van der Waals surface area (Å²) in [7, 11) is 0. The Morgan fingerprint density at radius 2 is 1.83 bits per heavy atom. The van der Waals surface area contributed by atoms with Crippen LogP contribution in [0.15, 0.2) is 60.3 Å². The number of hydrogen-bond donors (Lipinski definition) is 2. The maximum absolute atomic E-state index is 13.1. The van der Waals surface area contributed by atoms with Crippen molar-refractivity contribution >= 4 is 11.6 Å². The smallest absolute Gasteiger partial charge is 0.266 e. The monoisotopic (exact) mass is 393 g/mol. The maximum atomic E-state index is 13.1. The summed E-state index contributed by atoms with van der Waals surface area (Å²) in [6.07, 6.45) is 1.48. The number of nitrogens with one attached hydrogen (secondary N) is 1. The summed E-state index contributed by atoms with van der Waals surface area (Å²) >= 11 is 0. The van der Waals surface area contributed by atoms with E-state index in [1.54, 1.807) is 17.0 Å². The number of nitriles is 1. The lowest BCUT2D eigenvalue weighted by molar-refractivity contribution is -0.127. The van der Waals surface area contributed by atoms with Crippen LogP contribution in [-0.4, -0.2) is 37.0 Å². The van der Waals surface area contributed by atoms with Crippen molar-refractivity contribution in [1.82, 2.24) is 10.2 Å². The fraction of sp³-hybridized carbons (Fsp3) is 0.273. The molecule has 2 aromatic carbocycles. The van der Waals surface area contributed by atoms with Gasteiger partial charge in [0.1, 0.15) is 17.5 Å². The molecule has 1 heterocycles. The van der Waals surface area contributed by atoms with Gasteiger partial charge in [-0.25, -0.2) is 4.39 Å². The average Bonchev–Trinajstić information content (AvgIpc) is 2.77. The summed E-state index contributed by atoms with van der Waals surface area (Å²) in [5.74, 6) is -0.553. The number of hydrogen-bond acceptors (Lipinski definition) is 5. The fourth-order valence-electron chi connectivity index (χ4n) is 3.27. The zero-order valence-electron chi connectivity index (χ0n) is 16.1. The topological polar surface area (TPSA) is 85.4 Å². The minimum atomic E-state index is -0.283. The van der Waals surface area contributed by atoms with Crippen molar-refractivity contribution in [3.63, 3.8) is 0 Å². The molecular weight excluding hydrogens is 369 g/mol. The minimum absolute atomic E-state index is 0.0789. The Labute approximate surface area is 170 Å². The van der Waals surface area contributed by atoms with Gasteiger partial charge < -0.3 is 20.9 Å². The summed E-state index contributed by atoms with van der Waals surface area (Å²) in [6, 6.07) is 16.1. The van der Waals surface area contributed by atoms with Gasteiger partial charge in [0.2, 0.25) is 0 Å². The summed E-state index contributed by atoms with van der Waals surface area (Å²) in [6.45, 7) is 3.26. The van der Waals surface area contributed by atoms with Gasteiger partial charge in [-0.1, -0.05) is 24.3 Å². The van der Waals surface area contributed by atoms with Crippen molar-refractivity contribution in [1.29, 1.82) is 5.26 Å². The molecule has 7 heteroatoms. The lowest BCUT2D eigenvalue weighted by Gasteiger charge is -2.36. The summed E-state index contributed by atoms with van der Waals surface area (Å²) in [5, 5.41) is 12.4. The number of carbonyl (C=O) groups is 1. The molecule has 1 fully saturated rings. The van der Waals surface area contributed by atoms with Crippen molar-refractivity contribution in [2.75, 3.05) is 31.1 Å². The molecule has 3 rings (SSSR count). The molecule has 6 nitrogen and oxygen atoms in total. The van der Waals surface area contributed by atoms with Crippen molar-refractivity contribution in [2.24, 2.45) is 5.73 Å². The number of piperazine rings is 1. The highest BCUT2D eigenvalue weighted by Crippen LogP contribution is 2.17. The summed E-state index contributed by atoms with van der Waals surface area (Å²) < 4.78 is 13.1. The van der Waals surface area contributed by atoms with E-state index in [9.17, 15) is 14.4 Å². The molecule has 150 valence electrons. The van der Waals surface area contributed by atoms with Crippen LogP contribution in [0.4, 0.5) is 10.1 Å². The van der Waals surface area contributed by atoms with E-state index in [1.807, 2.05) is 30.3 Å². The van der Waals surface area contributed by atoms with E-state index in [0.717, 1.165) is 16.8 Å². The molecule has 0 saturated carbocycles. The maximum Gasteiger partial charge on any atom is 0.266 e. The van der Waals surface area contributed by atoms with E-state index < -0.39 is 0 Å².